The first kappa shape index (κ1) is 11.6. The van der Waals surface area contributed by atoms with Gasteiger partial charge in [0.05, 0.1) is 10.7 Å². The van der Waals surface area contributed by atoms with Crippen LogP contribution in [0.5, 0.6) is 0 Å². The smallest absolute Gasteiger partial charge is 0.0979 e. The molecule has 0 spiro atoms. The first-order valence-electron chi connectivity index (χ1n) is 7.07. The van der Waals surface area contributed by atoms with E-state index in [1.807, 2.05) is 11.3 Å². The second-order valence-corrected chi connectivity index (χ2v) is 6.87. The summed E-state index contributed by atoms with van der Waals surface area (Å²) in [6, 6.07) is 8.71. The van der Waals surface area contributed by atoms with Crippen molar-refractivity contribution in [2.75, 3.05) is 20.1 Å². The average molecular weight is 270 g/mol. The Labute approximate surface area is 118 Å². The Morgan fingerprint density at radius 2 is 2.21 bits per heavy atom. The number of hydrogen-bond donors (Lipinski definition) is 0. The Hall–Kier alpha value is -1.19. The van der Waals surface area contributed by atoms with E-state index in [0.717, 1.165) is 6.42 Å². The molecule has 1 fully saturated rings. The number of hydrogen-bond acceptors (Lipinski definition) is 3. The lowest BCUT2D eigenvalue weighted by Crippen LogP contribution is -2.30. The summed E-state index contributed by atoms with van der Waals surface area (Å²) < 4.78 is 0. The summed E-state index contributed by atoms with van der Waals surface area (Å²) in [5.74, 6) is 0.654. The number of rotatable bonds is 1. The normalized spacial score (nSPS) is 22.3. The van der Waals surface area contributed by atoms with Crippen molar-refractivity contribution in [2.24, 2.45) is 0 Å². The molecule has 1 aromatic heterocycles. The number of piperidine rings is 1. The van der Waals surface area contributed by atoms with Gasteiger partial charge >= 0.3 is 0 Å². The lowest BCUT2D eigenvalue weighted by Gasteiger charge is -2.28. The summed E-state index contributed by atoms with van der Waals surface area (Å²) in [6.07, 6.45) is 3.70. The number of nitrogens with zero attached hydrogens (tertiary/aromatic N) is 2. The predicted molar refractivity (Wildman–Crippen MR) is 79.8 cm³/mol. The molecule has 1 saturated heterocycles. The van der Waals surface area contributed by atoms with Crippen molar-refractivity contribution >= 4 is 11.3 Å². The van der Waals surface area contributed by atoms with Gasteiger partial charge < -0.3 is 4.90 Å². The van der Waals surface area contributed by atoms with Gasteiger partial charge in [-0.25, -0.2) is 4.98 Å². The maximum Gasteiger partial charge on any atom is 0.0979 e. The molecule has 1 aliphatic carbocycles. The van der Waals surface area contributed by atoms with Crippen LogP contribution in [0, 0.1) is 0 Å². The highest BCUT2D eigenvalue weighted by atomic mass is 32.1. The van der Waals surface area contributed by atoms with Crippen LogP contribution in [0.1, 0.15) is 34.2 Å². The highest BCUT2D eigenvalue weighted by Crippen LogP contribution is 2.42. The van der Waals surface area contributed by atoms with Crippen molar-refractivity contribution in [3.63, 3.8) is 0 Å². The van der Waals surface area contributed by atoms with Gasteiger partial charge in [0.1, 0.15) is 0 Å². The average Bonchev–Trinajstić information content (AvgIpc) is 2.96. The lowest BCUT2D eigenvalue weighted by molar-refractivity contribution is 0.250. The van der Waals surface area contributed by atoms with E-state index < -0.39 is 0 Å². The van der Waals surface area contributed by atoms with E-state index in [1.165, 1.54) is 52.6 Å². The van der Waals surface area contributed by atoms with Crippen LogP contribution in [0.2, 0.25) is 0 Å². The second-order valence-electron chi connectivity index (χ2n) is 5.76. The summed E-state index contributed by atoms with van der Waals surface area (Å²) >= 11 is 1.95. The summed E-state index contributed by atoms with van der Waals surface area (Å²) in [6.45, 7) is 2.42. The number of aromatic nitrogens is 1. The Bertz CT molecular complexity index is 617. The predicted octanol–water partition coefficient (Wildman–Crippen LogP) is 3.52. The molecule has 4 rings (SSSR count). The fourth-order valence-electron chi connectivity index (χ4n) is 3.32. The number of likely N-dealkylation sites (N-methyl/N-ethyl adjacent to an activating group) is 1. The Balaban J connectivity index is 1.68. The zero-order chi connectivity index (χ0) is 12.8. The standard InChI is InChI=1S/C16H18N2S/c1-18-8-4-6-12(10-18)16-17-15-13-7-3-2-5-11(13)9-14(15)19-16/h2-3,5,7,12H,4,6,8-10H2,1H3. The SMILES string of the molecule is CN1CCCC(c2nc3c(s2)Cc2ccccc2-3)C1. The third-order valence-electron chi connectivity index (χ3n) is 4.31. The molecule has 2 nitrogen and oxygen atoms in total. The van der Waals surface area contributed by atoms with E-state index in [1.54, 1.807) is 0 Å². The van der Waals surface area contributed by atoms with Gasteiger partial charge in [0.25, 0.3) is 0 Å². The van der Waals surface area contributed by atoms with Gasteiger partial charge in [0.2, 0.25) is 0 Å². The molecule has 0 bridgehead atoms. The summed E-state index contributed by atoms with van der Waals surface area (Å²) in [4.78, 5) is 8.90. The minimum absolute atomic E-state index is 0.654. The number of likely N-dealkylation sites (tertiary alicyclic amines) is 1. The quantitative estimate of drug-likeness (QED) is 0.672. The molecule has 0 amide bonds. The molecule has 0 radical (unpaired) electrons. The maximum atomic E-state index is 4.98. The van der Waals surface area contributed by atoms with Gasteiger partial charge in [-0.3, -0.25) is 0 Å². The Morgan fingerprint density at radius 3 is 3.11 bits per heavy atom. The highest BCUT2D eigenvalue weighted by molar-refractivity contribution is 7.12. The van der Waals surface area contributed by atoms with E-state index in [2.05, 4.69) is 36.2 Å². The largest absolute Gasteiger partial charge is 0.306 e. The second kappa shape index (κ2) is 4.43. The topological polar surface area (TPSA) is 16.1 Å². The molecule has 0 saturated carbocycles. The molecular formula is C16H18N2S. The molecule has 2 aromatic rings. The fourth-order valence-corrected chi connectivity index (χ4v) is 4.55. The third-order valence-corrected chi connectivity index (χ3v) is 5.53. The van der Waals surface area contributed by atoms with Crippen molar-refractivity contribution in [3.05, 3.63) is 39.7 Å². The van der Waals surface area contributed by atoms with Crippen LogP contribution >= 0.6 is 11.3 Å². The number of benzene rings is 1. The van der Waals surface area contributed by atoms with Crippen molar-refractivity contribution < 1.29 is 0 Å². The van der Waals surface area contributed by atoms with Gasteiger partial charge in [-0.1, -0.05) is 24.3 Å². The number of fused-ring (bicyclic) bond motifs is 3. The third kappa shape index (κ3) is 1.92. The molecule has 1 aromatic carbocycles. The maximum absolute atomic E-state index is 4.98. The van der Waals surface area contributed by atoms with Crippen LogP contribution in [0.15, 0.2) is 24.3 Å². The van der Waals surface area contributed by atoms with Gasteiger partial charge in [0, 0.05) is 29.3 Å². The zero-order valence-electron chi connectivity index (χ0n) is 11.2. The lowest BCUT2D eigenvalue weighted by atomic mass is 9.99. The van der Waals surface area contributed by atoms with Gasteiger partial charge in [-0.2, -0.15) is 0 Å². The highest BCUT2D eigenvalue weighted by Gasteiger charge is 2.27. The van der Waals surface area contributed by atoms with E-state index >= 15 is 0 Å². The van der Waals surface area contributed by atoms with E-state index in [-0.39, 0.29) is 0 Å². The molecule has 1 atom stereocenters. The van der Waals surface area contributed by atoms with Crippen LogP contribution in [-0.4, -0.2) is 30.0 Å². The zero-order valence-corrected chi connectivity index (χ0v) is 12.0. The molecule has 1 aliphatic heterocycles. The Morgan fingerprint density at radius 1 is 1.32 bits per heavy atom. The fraction of sp³-hybridized carbons (Fsp3) is 0.438. The Kier molecular flexibility index (Phi) is 2.71. The molecule has 2 heterocycles. The van der Waals surface area contributed by atoms with Crippen LogP contribution in [0.3, 0.4) is 0 Å². The van der Waals surface area contributed by atoms with Crippen molar-refractivity contribution in [1.82, 2.24) is 9.88 Å². The number of thiazole rings is 1. The van der Waals surface area contributed by atoms with Gasteiger partial charge in [-0.15, -0.1) is 11.3 Å². The molecule has 0 N–H and O–H groups in total. The van der Waals surface area contributed by atoms with Crippen LogP contribution in [0.25, 0.3) is 11.3 Å². The van der Waals surface area contributed by atoms with Crippen molar-refractivity contribution in [3.8, 4) is 11.3 Å². The van der Waals surface area contributed by atoms with Gasteiger partial charge in [-0.05, 0) is 32.0 Å². The molecule has 19 heavy (non-hydrogen) atoms. The van der Waals surface area contributed by atoms with Crippen LogP contribution in [-0.2, 0) is 6.42 Å². The van der Waals surface area contributed by atoms with E-state index in [4.69, 9.17) is 4.98 Å². The molecule has 98 valence electrons. The molecule has 2 aliphatic rings. The first-order chi connectivity index (χ1) is 9.31. The molecule has 3 heteroatoms. The molecule has 1 unspecified atom stereocenters. The summed E-state index contributed by atoms with van der Waals surface area (Å²) in [7, 11) is 2.22. The van der Waals surface area contributed by atoms with Crippen molar-refractivity contribution in [2.45, 2.75) is 25.2 Å². The molecular weight excluding hydrogens is 252 g/mol. The van der Waals surface area contributed by atoms with E-state index in [9.17, 15) is 0 Å². The van der Waals surface area contributed by atoms with Crippen molar-refractivity contribution in [1.29, 1.82) is 0 Å². The first-order valence-corrected chi connectivity index (χ1v) is 7.89. The minimum atomic E-state index is 0.654. The minimum Gasteiger partial charge on any atom is -0.306 e. The van der Waals surface area contributed by atoms with Crippen LogP contribution in [0.4, 0.5) is 0 Å². The summed E-state index contributed by atoms with van der Waals surface area (Å²) in [5, 5.41) is 1.37. The van der Waals surface area contributed by atoms with Crippen LogP contribution < -0.4 is 0 Å². The van der Waals surface area contributed by atoms with Gasteiger partial charge in [0.15, 0.2) is 0 Å². The van der Waals surface area contributed by atoms with E-state index in [0.29, 0.717) is 5.92 Å². The summed E-state index contributed by atoms with van der Waals surface area (Å²) in [5.41, 5.74) is 4.08. The monoisotopic (exact) mass is 270 g/mol.